The first kappa shape index (κ1) is 9.89. The molecule has 2 rings (SSSR count). The molecule has 0 N–H and O–H groups in total. The van der Waals surface area contributed by atoms with Crippen LogP contribution in [0.25, 0.3) is 0 Å². The Morgan fingerprint density at radius 1 is 1.62 bits per heavy atom. The maximum Gasteiger partial charge on any atom is 0.184 e. The van der Waals surface area contributed by atoms with Crippen molar-refractivity contribution in [2.24, 2.45) is 0 Å². The summed E-state index contributed by atoms with van der Waals surface area (Å²) in [5.74, 6) is 1.00. The average molecular weight is 281 g/mol. The summed E-state index contributed by atoms with van der Waals surface area (Å²) in [6, 6.07) is 0. The van der Waals surface area contributed by atoms with Crippen molar-refractivity contribution >= 4 is 39.0 Å². The Labute approximate surface area is 93.4 Å². The van der Waals surface area contributed by atoms with Crippen LogP contribution < -0.4 is 0 Å². The zero-order valence-electron chi connectivity index (χ0n) is 6.90. The molecule has 1 aromatic heterocycles. The van der Waals surface area contributed by atoms with Gasteiger partial charge in [0.05, 0.1) is 6.10 Å². The van der Waals surface area contributed by atoms with Gasteiger partial charge in [0.15, 0.2) is 8.26 Å². The molecule has 13 heavy (non-hydrogen) atoms. The smallest absolute Gasteiger partial charge is 0.184 e. The van der Waals surface area contributed by atoms with E-state index < -0.39 is 0 Å². The predicted molar refractivity (Wildman–Crippen MR) is 57.3 cm³/mol. The van der Waals surface area contributed by atoms with Crippen molar-refractivity contribution in [3.8, 4) is 0 Å². The van der Waals surface area contributed by atoms with Crippen molar-refractivity contribution in [3.05, 3.63) is 3.92 Å². The van der Waals surface area contributed by atoms with E-state index in [1.54, 1.807) is 23.1 Å². The Hall–Kier alpha value is 0.350. The van der Waals surface area contributed by atoms with E-state index >= 15 is 0 Å². The van der Waals surface area contributed by atoms with Crippen LogP contribution in [0.5, 0.6) is 0 Å². The van der Waals surface area contributed by atoms with Gasteiger partial charge in [0.2, 0.25) is 0 Å². The minimum atomic E-state index is 0.424. The van der Waals surface area contributed by atoms with Crippen LogP contribution in [-0.4, -0.2) is 28.7 Å². The molecule has 2 heterocycles. The number of ether oxygens (including phenoxy) is 1. The molecule has 1 saturated heterocycles. The van der Waals surface area contributed by atoms with Gasteiger partial charge in [-0.15, -0.1) is 10.2 Å². The molecular weight excluding hydrogens is 272 g/mol. The van der Waals surface area contributed by atoms with Gasteiger partial charge < -0.3 is 4.74 Å². The molecule has 1 aromatic rings. The number of hydrogen-bond donors (Lipinski definition) is 0. The molecule has 1 aliphatic rings. The van der Waals surface area contributed by atoms with Gasteiger partial charge in [0.25, 0.3) is 0 Å². The molecule has 0 saturated carbocycles. The SMILES string of the molecule is Brc1nnc(SCC2CCCO2)s1. The third-order valence-corrected chi connectivity index (χ3v) is 4.42. The summed E-state index contributed by atoms with van der Waals surface area (Å²) >= 11 is 6.59. The molecule has 1 atom stereocenters. The second kappa shape index (κ2) is 4.72. The molecule has 0 amide bonds. The topological polar surface area (TPSA) is 35.0 Å². The van der Waals surface area contributed by atoms with Gasteiger partial charge in [-0.2, -0.15) is 0 Å². The summed E-state index contributed by atoms with van der Waals surface area (Å²) < 4.78 is 7.37. The molecule has 0 aromatic carbocycles. The van der Waals surface area contributed by atoms with Gasteiger partial charge in [0.1, 0.15) is 0 Å². The highest BCUT2D eigenvalue weighted by Crippen LogP contribution is 2.28. The van der Waals surface area contributed by atoms with Crippen LogP contribution in [0, 0.1) is 0 Å². The maximum absolute atomic E-state index is 5.51. The molecule has 0 aliphatic carbocycles. The quantitative estimate of drug-likeness (QED) is 0.798. The van der Waals surface area contributed by atoms with E-state index in [-0.39, 0.29) is 0 Å². The first-order chi connectivity index (χ1) is 6.34. The standard InChI is InChI=1S/C7H9BrN2OS2/c8-6-9-10-7(13-6)12-4-5-2-1-3-11-5/h5H,1-4H2. The van der Waals surface area contributed by atoms with Gasteiger partial charge in [-0.1, -0.05) is 23.1 Å². The third-order valence-electron chi connectivity index (χ3n) is 1.80. The average Bonchev–Trinajstić information content (AvgIpc) is 2.71. The predicted octanol–water partition coefficient (Wildman–Crippen LogP) is 2.57. The van der Waals surface area contributed by atoms with Gasteiger partial charge in [-0.05, 0) is 28.8 Å². The van der Waals surface area contributed by atoms with Crippen molar-refractivity contribution in [1.82, 2.24) is 10.2 Å². The van der Waals surface area contributed by atoms with Crippen molar-refractivity contribution < 1.29 is 4.74 Å². The normalized spacial score (nSPS) is 22.4. The summed E-state index contributed by atoms with van der Waals surface area (Å²) in [7, 11) is 0. The molecule has 0 bridgehead atoms. The van der Waals surface area contributed by atoms with E-state index in [9.17, 15) is 0 Å². The number of nitrogens with zero attached hydrogens (tertiary/aromatic N) is 2. The monoisotopic (exact) mass is 280 g/mol. The lowest BCUT2D eigenvalue weighted by molar-refractivity contribution is 0.129. The molecule has 0 spiro atoms. The summed E-state index contributed by atoms with van der Waals surface area (Å²) in [5, 5.41) is 7.89. The Balaban J connectivity index is 1.78. The first-order valence-electron chi connectivity index (χ1n) is 4.08. The van der Waals surface area contributed by atoms with E-state index in [1.165, 1.54) is 12.8 Å². The molecule has 0 radical (unpaired) electrons. The Morgan fingerprint density at radius 3 is 3.15 bits per heavy atom. The fourth-order valence-electron chi connectivity index (χ4n) is 1.19. The fourth-order valence-corrected chi connectivity index (χ4v) is 3.73. The first-order valence-corrected chi connectivity index (χ1v) is 6.67. The van der Waals surface area contributed by atoms with Gasteiger partial charge >= 0.3 is 0 Å². The Kier molecular flexibility index (Phi) is 3.59. The number of aromatic nitrogens is 2. The summed E-state index contributed by atoms with van der Waals surface area (Å²) in [6.45, 7) is 0.922. The minimum Gasteiger partial charge on any atom is -0.377 e. The zero-order valence-corrected chi connectivity index (χ0v) is 10.1. The van der Waals surface area contributed by atoms with E-state index in [2.05, 4.69) is 26.1 Å². The lowest BCUT2D eigenvalue weighted by atomic mass is 10.3. The lowest BCUT2D eigenvalue weighted by Gasteiger charge is -2.05. The van der Waals surface area contributed by atoms with Crippen molar-refractivity contribution in [3.63, 3.8) is 0 Å². The van der Waals surface area contributed by atoms with E-state index in [4.69, 9.17) is 4.74 Å². The fraction of sp³-hybridized carbons (Fsp3) is 0.714. The molecule has 72 valence electrons. The van der Waals surface area contributed by atoms with Crippen molar-refractivity contribution in [1.29, 1.82) is 0 Å². The number of thioether (sulfide) groups is 1. The van der Waals surface area contributed by atoms with Gasteiger partial charge in [-0.25, -0.2) is 0 Å². The van der Waals surface area contributed by atoms with Crippen LogP contribution in [0.15, 0.2) is 8.26 Å². The van der Waals surface area contributed by atoms with Gasteiger partial charge in [-0.3, -0.25) is 0 Å². The summed E-state index contributed by atoms with van der Waals surface area (Å²) in [6.07, 6.45) is 2.81. The van der Waals surface area contributed by atoms with Crippen LogP contribution in [0.3, 0.4) is 0 Å². The largest absolute Gasteiger partial charge is 0.377 e. The molecule has 1 aliphatic heterocycles. The molecule has 1 fully saturated rings. The summed E-state index contributed by atoms with van der Waals surface area (Å²) in [4.78, 5) is 0. The zero-order chi connectivity index (χ0) is 9.10. The Morgan fingerprint density at radius 2 is 2.54 bits per heavy atom. The molecule has 3 nitrogen and oxygen atoms in total. The molecule has 6 heteroatoms. The molecule has 1 unspecified atom stereocenters. The number of rotatable bonds is 3. The van der Waals surface area contributed by atoms with Crippen LogP contribution in [0.2, 0.25) is 0 Å². The van der Waals surface area contributed by atoms with Crippen LogP contribution in [0.4, 0.5) is 0 Å². The highest BCUT2D eigenvalue weighted by molar-refractivity contribution is 9.11. The Bertz CT molecular complexity index is 275. The van der Waals surface area contributed by atoms with E-state index in [0.717, 1.165) is 20.6 Å². The lowest BCUT2D eigenvalue weighted by Crippen LogP contribution is -2.07. The van der Waals surface area contributed by atoms with E-state index in [1.807, 2.05) is 0 Å². The van der Waals surface area contributed by atoms with Crippen LogP contribution in [0.1, 0.15) is 12.8 Å². The second-order valence-corrected chi connectivity index (χ2v) is 6.29. The summed E-state index contributed by atoms with van der Waals surface area (Å²) in [5.41, 5.74) is 0. The van der Waals surface area contributed by atoms with Crippen LogP contribution >= 0.6 is 39.0 Å². The second-order valence-electron chi connectivity index (χ2n) is 2.77. The number of hydrogen-bond acceptors (Lipinski definition) is 5. The molecular formula is C7H9BrN2OS2. The number of halogens is 1. The third kappa shape index (κ3) is 2.90. The highest BCUT2D eigenvalue weighted by atomic mass is 79.9. The van der Waals surface area contributed by atoms with Gasteiger partial charge in [0, 0.05) is 12.4 Å². The van der Waals surface area contributed by atoms with Crippen LogP contribution in [-0.2, 0) is 4.74 Å². The van der Waals surface area contributed by atoms with E-state index in [0.29, 0.717) is 6.10 Å². The maximum atomic E-state index is 5.51. The van der Waals surface area contributed by atoms with Crippen molar-refractivity contribution in [2.45, 2.75) is 23.3 Å². The van der Waals surface area contributed by atoms with Crippen molar-refractivity contribution in [2.75, 3.05) is 12.4 Å². The minimum absolute atomic E-state index is 0.424. The highest BCUT2D eigenvalue weighted by Gasteiger charge is 2.16.